The Morgan fingerprint density at radius 2 is 1.91 bits per heavy atom. The third-order valence-corrected chi connectivity index (χ3v) is 5.71. The van der Waals surface area contributed by atoms with E-state index in [9.17, 15) is 13.2 Å². The predicted octanol–water partition coefficient (Wildman–Crippen LogP) is 4.45. The zero-order valence-corrected chi connectivity index (χ0v) is 18.5. The Kier molecular flexibility index (Phi) is 5.96. The molecule has 33 heavy (non-hydrogen) atoms. The van der Waals surface area contributed by atoms with Gasteiger partial charge < -0.3 is 25.7 Å². The lowest BCUT2D eigenvalue weighted by Crippen LogP contribution is -2.18. The summed E-state index contributed by atoms with van der Waals surface area (Å²) in [5, 5.41) is 0.499. The number of hydrogen-bond acceptors (Lipinski definition) is 7. The number of methoxy groups -OCH3 is 1. The summed E-state index contributed by atoms with van der Waals surface area (Å²) in [4.78, 5) is 8.76. The number of nitrogens with two attached hydrogens (primary N) is 2. The number of rotatable bonds is 5. The van der Waals surface area contributed by atoms with Crippen LogP contribution in [-0.2, 0) is 10.9 Å². The first-order valence-electron chi connectivity index (χ1n) is 10.4. The van der Waals surface area contributed by atoms with E-state index in [4.69, 9.17) is 25.7 Å². The second-order valence-electron chi connectivity index (χ2n) is 8.08. The molecule has 1 saturated heterocycles. The van der Waals surface area contributed by atoms with Crippen molar-refractivity contribution >= 4 is 22.4 Å². The van der Waals surface area contributed by atoms with Crippen molar-refractivity contribution in [2.75, 3.05) is 31.8 Å². The van der Waals surface area contributed by atoms with Gasteiger partial charge in [-0.3, -0.25) is 0 Å². The van der Waals surface area contributed by atoms with Crippen molar-refractivity contribution in [1.29, 1.82) is 0 Å². The topological polar surface area (TPSA) is 106 Å². The van der Waals surface area contributed by atoms with E-state index < -0.39 is 17.7 Å². The van der Waals surface area contributed by atoms with E-state index in [1.807, 2.05) is 0 Å². The van der Waals surface area contributed by atoms with Crippen molar-refractivity contribution in [3.63, 3.8) is 0 Å². The molecule has 2 heterocycles. The molecule has 0 unspecified atom stereocenters. The van der Waals surface area contributed by atoms with Gasteiger partial charge in [-0.05, 0) is 30.7 Å². The normalized spacial score (nSPS) is 17.3. The smallest absolute Gasteiger partial charge is 0.416 e. The quantitative estimate of drug-likeness (QED) is 0.540. The lowest BCUT2D eigenvalue weighted by Gasteiger charge is -2.25. The highest BCUT2D eigenvalue weighted by Crippen LogP contribution is 2.46. The number of ether oxygens (including phenoxy) is 3. The largest absolute Gasteiger partial charge is 0.493 e. The second-order valence-corrected chi connectivity index (χ2v) is 8.08. The van der Waals surface area contributed by atoms with Crippen molar-refractivity contribution in [2.45, 2.75) is 38.5 Å². The maximum absolute atomic E-state index is 13.5. The van der Waals surface area contributed by atoms with E-state index in [1.54, 1.807) is 19.9 Å². The van der Waals surface area contributed by atoms with Crippen LogP contribution in [0.1, 0.15) is 41.8 Å². The van der Waals surface area contributed by atoms with Gasteiger partial charge in [0.25, 0.3) is 0 Å². The van der Waals surface area contributed by atoms with Gasteiger partial charge in [-0.2, -0.15) is 13.2 Å². The third kappa shape index (κ3) is 4.47. The molecule has 7 nitrogen and oxygen atoms in total. The fourth-order valence-corrected chi connectivity index (χ4v) is 4.15. The van der Waals surface area contributed by atoms with Gasteiger partial charge in [0, 0.05) is 29.7 Å². The molecular weight excluding hydrogens is 437 g/mol. The Hall–Kier alpha value is -3.27. The van der Waals surface area contributed by atoms with Gasteiger partial charge in [-0.1, -0.05) is 6.92 Å². The van der Waals surface area contributed by atoms with Crippen LogP contribution in [0.2, 0.25) is 0 Å². The van der Waals surface area contributed by atoms with Gasteiger partial charge in [0.15, 0.2) is 11.5 Å². The molecule has 0 amide bonds. The molecule has 0 saturated carbocycles. The Bertz CT molecular complexity index is 1190. The van der Waals surface area contributed by atoms with Gasteiger partial charge in [0.1, 0.15) is 17.7 Å². The van der Waals surface area contributed by atoms with E-state index >= 15 is 0 Å². The van der Waals surface area contributed by atoms with Crippen LogP contribution in [-0.4, -0.2) is 36.4 Å². The molecule has 4 N–H and O–H groups in total. The van der Waals surface area contributed by atoms with Crippen LogP contribution in [0.5, 0.6) is 11.5 Å². The molecule has 1 fully saturated rings. The van der Waals surface area contributed by atoms with Crippen LogP contribution < -0.4 is 20.9 Å². The fourth-order valence-electron chi connectivity index (χ4n) is 4.15. The fraction of sp³-hybridized carbons (Fsp3) is 0.391. The number of fused-ring (bicyclic) bond motifs is 1. The summed E-state index contributed by atoms with van der Waals surface area (Å²) in [6.45, 7) is 4.42. The number of alkyl halides is 3. The SMILES string of the molecule is COc1cc2nc(C)nc(N)c2c([C@H](C)c2cc(N)cc(C(F)(F)F)c2)c1O[C@H]1CCOC1. The third-order valence-electron chi connectivity index (χ3n) is 5.71. The number of aromatic nitrogens is 2. The molecule has 176 valence electrons. The number of hydrogen-bond donors (Lipinski definition) is 2. The average molecular weight is 462 g/mol. The van der Waals surface area contributed by atoms with Crippen LogP contribution >= 0.6 is 0 Å². The number of anilines is 2. The Morgan fingerprint density at radius 1 is 1.15 bits per heavy atom. The lowest BCUT2D eigenvalue weighted by atomic mass is 9.88. The predicted molar refractivity (Wildman–Crippen MR) is 118 cm³/mol. The summed E-state index contributed by atoms with van der Waals surface area (Å²) >= 11 is 0. The molecule has 1 aliphatic heterocycles. The standard InChI is InChI=1S/C23H25F3N4O3/c1-11(13-6-14(23(24,25)26)8-15(27)7-13)19-20-17(29-12(2)30-22(20)28)9-18(31-3)21(19)33-16-4-5-32-10-16/h6-9,11,16H,4-5,10,27H2,1-3H3,(H2,28,29,30)/t11-,16+/m1/s1. The van der Waals surface area contributed by atoms with Crippen molar-refractivity contribution in [2.24, 2.45) is 0 Å². The summed E-state index contributed by atoms with van der Waals surface area (Å²) in [6, 6.07) is 5.20. The number of benzene rings is 2. The highest BCUT2D eigenvalue weighted by molar-refractivity contribution is 5.95. The molecule has 10 heteroatoms. The van der Waals surface area contributed by atoms with Crippen LogP contribution in [0, 0.1) is 6.92 Å². The Labute approximate surface area is 188 Å². The lowest BCUT2D eigenvalue weighted by molar-refractivity contribution is -0.137. The van der Waals surface area contributed by atoms with Gasteiger partial charge >= 0.3 is 6.18 Å². The number of aryl methyl sites for hydroxylation is 1. The van der Waals surface area contributed by atoms with Gasteiger partial charge in [-0.25, -0.2) is 9.97 Å². The van der Waals surface area contributed by atoms with Crippen molar-refractivity contribution < 1.29 is 27.4 Å². The van der Waals surface area contributed by atoms with Gasteiger partial charge in [-0.15, -0.1) is 0 Å². The van der Waals surface area contributed by atoms with Crippen molar-refractivity contribution in [3.8, 4) is 11.5 Å². The summed E-state index contributed by atoms with van der Waals surface area (Å²) in [5.41, 5.74) is 12.7. The summed E-state index contributed by atoms with van der Waals surface area (Å²) < 4.78 is 57.8. The van der Waals surface area contributed by atoms with E-state index in [-0.39, 0.29) is 17.6 Å². The summed E-state index contributed by atoms with van der Waals surface area (Å²) in [7, 11) is 1.49. The van der Waals surface area contributed by atoms with Gasteiger partial charge in [0.05, 0.1) is 36.8 Å². The number of halogens is 3. The van der Waals surface area contributed by atoms with Crippen molar-refractivity contribution in [3.05, 3.63) is 46.8 Å². The number of nitrogen functional groups attached to an aromatic ring is 2. The zero-order chi connectivity index (χ0) is 23.9. The molecular formula is C23H25F3N4O3. The average Bonchev–Trinajstić information content (AvgIpc) is 3.25. The zero-order valence-electron chi connectivity index (χ0n) is 18.5. The van der Waals surface area contributed by atoms with Crippen LogP contribution in [0.25, 0.3) is 10.9 Å². The summed E-state index contributed by atoms with van der Waals surface area (Å²) in [6.07, 6.45) is -4.10. The molecule has 2 atom stereocenters. The maximum atomic E-state index is 13.5. The van der Waals surface area contributed by atoms with Crippen molar-refractivity contribution in [1.82, 2.24) is 9.97 Å². The molecule has 1 aromatic heterocycles. The minimum absolute atomic E-state index is 0.00519. The Balaban J connectivity index is 1.98. The van der Waals surface area contributed by atoms with Gasteiger partial charge in [0.2, 0.25) is 0 Å². The van der Waals surface area contributed by atoms with Crippen LogP contribution in [0.4, 0.5) is 24.7 Å². The monoisotopic (exact) mass is 462 g/mol. The van der Waals surface area contributed by atoms with Crippen LogP contribution in [0.15, 0.2) is 24.3 Å². The molecule has 3 aromatic rings. The van der Waals surface area contributed by atoms with Crippen LogP contribution in [0.3, 0.4) is 0 Å². The molecule has 0 aliphatic carbocycles. The van der Waals surface area contributed by atoms with E-state index in [2.05, 4.69) is 9.97 Å². The minimum Gasteiger partial charge on any atom is -0.493 e. The molecule has 0 spiro atoms. The first-order valence-corrected chi connectivity index (χ1v) is 10.4. The van der Waals surface area contributed by atoms with E-state index in [0.717, 1.165) is 12.1 Å². The van der Waals surface area contributed by atoms with E-state index in [0.29, 0.717) is 59.0 Å². The maximum Gasteiger partial charge on any atom is 0.416 e. The Morgan fingerprint density at radius 3 is 2.55 bits per heavy atom. The number of nitrogens with zero attached hydrogens (tertiary/aromatic N) is 2. The summed E-state index contributed by atoms with van der Waals surface area (Å²) in [5.74, 6) is 0.839. The molecule has 1 aliphatic rings. The molecule has 4 rings (SSSR count). The second kappa shape index (κ2) is 8.58. The highest BCUT2D eigenvalue weighted by Gasteiger charge is 2.33. The first-order chi connectivity index (χ1) is 15.6. The molecule has 2 aromatic carbocycles. The van der Waals surface area contributed by atoms with E-state index in [1.165, 1.54) is 13.2 Å². The molecule has 0 bridgehead atoms. The minimum atomic E-state index is -4.54. The first kappa shape index (κ1) is 22.9. The highest BCUT2D eigenvalue weighted by atomic mass is 19.4. The molecule has 0 radical (unpaired) electrons.